The van der Waals surface area contributed by atoms with Crippen molar-refractivity contribution in [3.63, 3.8) is 0 Å². The molecule has 2 N–H and O–H groups in total. The van der Waals surface area contributed by atoms with Gasteiger partial charge in [-0.05, 0) is 23.6 Å². The second-order valence-corrected chi connectivity index (χ2v) is 7.12. The molecule has 3 aromatic rings. The standard InChI is InChI=1S/C18H20N6S/c19-17(22-13-15-12-14-4-1-2-5-16(14)25-15)23-8-10-24(11-9-23)18-20-6-3-7-21-18/h1-7,12H,8-11,13H2,(H2,19,22). The number of guanidine groups is 1. The lowest BCUT2D eigenvalue weighted by molar-refractivity contribution is 0.378. The first-order valence-corrected chi connectivity index (χ1v) is 9.15. The molecule has 2 aromatic heterocycles. The van der Waals surface area contributed by atoms with Crippen molar-refractivity contribution >= 4 is 33.3 Å². The Labute approximate surface area is 150 Å². The molecule has 25 heavy (non-hydrogen) atoms. The van der Waals surface area contributed by atoms with Gasteiger partial charge in [0.25, 0.3) is 0 Å². The highest BCUT2D eigenvalue weighted by Crippen LogP contribution is 2.25. The van der Waals surface area contributed by atoms with Gasteiger partial charge in [0.1, 0.15) is 0 Å². The van der Waals surface area contributed by atoms with Crippen LogP contribution in [0.5, 0.6) is 0 Å². The van der Waals surface area contributed by atoms with E-state index < -0.39 is 0 Å². The monoisotopic (exact) mass is 352 g/mol. The summed E-state index contributed by atoms with van der Waals surface area (Å²) in [5.41, 5.74) is 6.21. The Balaban J connectivity index is 1.36. The van der Waals surface area contributed by atoms with Gasteiger partial charge in [-0.1, -0.05) is 18.2 Å². The fraction of sp³-hybridized carbons (Fsp3) is 0.278. The van der Waals surface area contributed by atoms with Gasteiger partial charge in [0.05, 0.1) is 6.54 Å². The molecular weight excluding hydrogens is 332 g/mol. The number of anilines is 1. The van der Waals surface area contributed by atoms with E-state index in [-0.39, 0.29) is 0 Å². The average molecular weight is 352 g/mol. The van der Waals surface area contributed by atoms with Crippen LogP contribution in [0.15, 0.2) is 53.8 Å². The number of rotatable bonds is 3. The number of thiophene rings is 1. The zero-order chi connectivity index (χ0) is 17.1. The third-order valence-corrected chi connectivity index (χ3v) is 5.41. The van der Waals surface area contributed by atoms with Crippen molar-refractivity contribution in [2.45, 2.75) is 6.54 Å². The molecule has 3 heterocycles. The summed E-state index contributed by atoms with van der Waals surface area (Å²) in [4.78, 5) is 18.7. The first-order valence-electron chi connectivity index (χ1n) is 8.34. The number of aromatic nitrogens is 2. The van der Waals surface area contributed by atoms with Gasteiger partial charge in [0, 0.05) is 48.1 Å². The van der Waals surface area contributed by atoms with Crippen molar-refractivity contribution in [1.29, 1.82) is 0 Å². The molecule has 0 aliphatic carbocycles. The molecule has 1 fully saturated rings. The lowest BCUT2D eigenvalue weighted by Gasteiger charge is -2.35. The predicted molar refractivity (Wildman–Crippen MR) is 103 cm³/mol. The Hall–Kier alpha value is -2.67. The molecule has 0 bridgehead atoms. The van der Waals surface area contributed by atoms with Crippen molar-refractivity contribution < 1.29 is 0 Å². The summed E-state index contributed by atoms with van der Waals surface area (Å²) in [6.07, 6.45) is 3.55. The van der Waals surface area contributed by atoms with E-state index >= 15 is 0 Å². The van der Waals surface area contributed by atoms with Crippen LogP contribution in [0, 0.1) is 0 Å². The highest BCUT2D eigenvalue weighted by atomic mass is 32.1. The Kier molecular flexibility index (Phi) is 4.47. The number of nitrogens with zero attached hydrogens (tertiary/aromatic N) is 5. The zero-order valence-corrected chi connectivity index (χ0v) is 14.7. The van der Waals surface area contributed by atoms with Crippen molar-refractivity contribution in [3.05, 3.63) is 53.7 Å². The first kappa shape index (κ1) is 15.8. The number of hydrogen-bond acceptors (Lipinski definition) is 5. The third-order valence-electron chi connectivity index (χ3n) is 4.31. The maximum absolute atomic E-state index is 6.21. The molecule has 1 aliphatic rings. The highest BCUT2D eigenvalue weighted by molar-refractivity contribution is 7.19. The fourth-order valence-electron chi connectivity index (χ4n) is 2.96. The number of hydrogen-bond donors (Lipinski definition) is 1. The lowest BCUT2D eigenvalue weighted by Crippen LogP contribution is -2.51. The molecule has 7 heteroatoms. The van der Waals surface area contributed by atoms with Crippen molar-refractivity contribution in [2.75, 3.05) is 31.1 Å². The van der Waals surface area contributed by atoms with Crippen LogP contribution in [0.2, 0.25) is 0 Å². The lowest BCUT2D eigenvalue weighted by atomic mass is 10.2. The molecule has 1 aliphatic heterocycles. The van der Waals surface area contributed by atoms with Crippen LogP contribution in [0.4, 0.5) is 5.95 Å². The number of nitrogens with two attached hydrogens (primary N) is 1. The summed E-state index contributed by atoms with van der Waals surface area (Å²) < 4.78 is 1.29. The topological polar surface area (TPSA) is 70.6 Å². The number of fused-ring (bicyclic) bond motifs is 1. The maximum Gasteiger partial charge on any atom is 0.225 e. The molecule has 6 nitrogen and oxygen atoms in total. The van der Waals surface area contributed by atoms with E-state index in [9.17, 15) is 0 Å². The molecule has 0 unspecified atom stereocenters. The van der Waals surface area contributed by atoms with Crippen LogP contribution >= 0.6 is 11.3 Å². The van der Waals surface area contributed by atoms with E-state index in [2.05, 4.69) is 55.1 Å². The van der Waals surface area contributed by atoms with E-state index in [0.717, 1.165) is 32.1 Å². The van der Waals surface area contributed by atoms with Gasteiger partial charge in [0.15, 0.2) is 5.96 Å². The molecule has 0 spiro atoms. The minimum atomic E-state index is 0.617. The molecule has 4 rings (SSSR count). The summed E-state index contributed by atoms with van der Waals surface area (Å²) in [7, 11) is 0. The second-order valence-electron chi connectivity index (χ2n) is 5.95. The fourth-order valence-corrected chi connectivity index (χ4v) is 3.95. The zero-order valence-electron chi connectivity index (χ0n) is 13.9. The Bertz CT molecular complexity index is 834. The van der Waals surface area contributed by atoms with Gasteiger partial charge in [-0.3, -0.25) is 0 Å². The summed E-state index contributed by atoms with van der Waals surface area (Å²) in [5.74, 6) is 1.40. The number of benzene rings is 1. The first-order chi connectivity index (χ1) is 12.3. The van der Waals surface area contributed by atoms with Crippen LogP contribution in [-0.4, -0.2) is 47.0 Å². The van der Waals surface area contributed by atoms with Gasteiger partial charge >= 0.3 is 0 Å². The van der Waals surface area contributed by atoms with Gasteiger partial charge < -0.3 is 15.5 Å². The third kappa shape index (κ3) is 3.56. The molecule has 1 aromatic carbocycles. The smallest absolute Gasteiger partial charge is 0.225 e. The molecule has 0 amide bonds. The van der Waals surface area contributed by atoms with Crippen LogP contribution in [0.3, 0.4) is 0 Å². The Morgan fingerprint density at radius 1 is 1.08 bits per heavy atom. The van der Waals surface area contributed by atoms with Crippen molar-refractivity contribution in [2.24, 2.45) is 10.7 Å². The summed E-state index contributed by atoms with van der Waals surface area (Å²) in [5, 5.41) is 1.27. The van der Waals surface area contributed by atoms with E-state index in [0.29, 0.717) is 12.5 Å². The second kappa shape index (κ2) is 7.06. The van der Waals surface area contributed by atoms with Crippen LogP contribution in [-0.2, 0) is 6.54 Å². The summed E-state index contributed by atoms with van der Waals surface area (Å²) in [6, 6.07) is 12.4. The summed E-state index contributed by atoms with van der Waals surface area (Å²) >= 11 is 1.78. The van der Waals surface area contributed by atoms with E-state index in [1.807, 2.05) is 6.07 Å². The number of aliphatic imine (C=N–C) groups is 1. The Morgan fingerprint density at radius 2 is 1.84 bits per heavy atom. The van der Waals surface area contributed by atoms with E-state index in [1.165, 1.54) is 15.0 Å². The average Bonchev–Trinajstić information content (AvgIpc) is 3.10. The highest BCUT2D eigenvalue weighted by Gasteiger charge is 2.19. The maximum atomic E-state index is 6.21. The minimum Gasteiger partial charge on any atom is -0.370 e. The molecule has 1 saturated heterocycles. The van der Waals surface area contributed by atoms with Gasteiger partial charge in [0.2, 0.25) is 5.95 Å². The quantitative estimate of drug-likeness (QED) is 0.579. The predicted octanol–water partition coefficient (Wildman–Crippen LogP) is 2.33. The normalized spacial score (nSPS) is 15.8. The molecule has 128 valence electrons. The van der Waals surface area contributed by atoms with Gasteiger partial charge in [-0.15, -0.1) is 11.3 Å². The van der Waals surface area contributed by atoms with E-state index in [1.54, 1.807) is 23.7 Å². The van der Waals surface area contributed by atoms with Gasteiger partial charge in [-0.2, -0.15) is 0 Å². The van der Waals surface area contributed by atoms with Gasteiger partial charge in [-0.25, -0.2) is 15.0 Å². The van der Waals surface area contributed by atoms with Crippen LogP contribution < -0.4 is 10.6 Å². The molecular formula is C18H20N6S. The van der Waals surface area contributed by atoms with Crippen molar-refractivity contribution in [3.8, 4) is 0 Å². The summed E-state index contributed by atoms with van der Waals surface area (Å²) in [6.45, 7) is 4.00. The number of piperazine rings is 1. The Morgan fingerprint density at radius 3 is 2.60 bits per heavy atom. The van der Waals surface area contributed by atoms with Crippen LogP contribution in [0.1, 0.15) is 4.88 Å². The minimum absolute atomic E-state index is 0.617. The largest absolute Gasteiger partial charge is 0.370 e. The molecule has 0 atom stereocenters. The van der Waals surface area contributed by atoms with E-state index in [4.69, 9.17) is 5.73 Å². The molecule has 0 radical (unpaired) electrons. The van der Waals surface area contributed by atoms with Crippen molar-refractivity contribution in [1.82, 2.24) is 14.9 Å². The van der Waals surface area contributed by atoms with Crippen LogP contribution in [0.25, 0.3) is 10.1 Å². The SMILES string of the molecule is NC(=NCc1cc2ccccc2s1)N1CCN(c2ncccn2)CC1. The molecule has 0 saturated carbocycles.